The zero-order valence-electron chi connectivity index (χ0n) is 12.1. The van der Waals surface area contributed by atoms with Crippen LogP contribution in [0.5, 0.6) is 0 Å². The number of carbonyl (C=O) groups is 1. The molecular formula is C14H16N2O5S. The molecule has 1 saturated heterocycles. The minimum Gasteiger partial charge on any atom is -0.444 e. The van der Waals surface area contributed by atoms with Gasteiger partial charge in [-0.2, -0.15) is 9.57 Å². The topological polar surface area (TPSA) is 96.7 Å². The predicted molar refractivity (Wildman–Crippen MR) is 76.5 cm³/mol. The second-order valence-corrected chi connectivity index (χ2v) is 6.66. The molecule has 7 nitrogen and oxygen atoms in total. The molecule has 0 aliphatic carbocycles. The number of rotatable bonds is 4. The molecule has 8 heteroatoms. The van der Waals surface area contributed by atoms with E-state index in [1.165, 1.54) is 35.5 Å². The summed E-state index contributed by atoms with van der Waals surface area (Å²) in [6.07, 6.45) is -0.896. The maximum absolute atomic E-state index is 12.5. The fraction of sp³-hybridized carbons (Fsp3) is 0.429. The number of carbonyl (C=O) groups excluding carboxylic acids is 1. The van der Waals surface area contributed by atoms with E-state index in [9.17, 15) is 13.2 Å². The Morgan fingerprint density at radius 3 is 2.73 bits per heavy atom. The van der Waals surface area contributed by atoms with E-state index in [2.05, 4.69) is 0 Å². The van der Waals surface area contributed by atoms with E-state index >= 15 is 0 Å². The van der Waals surface area contributed by atoms with Gasteiger partial charge >= 0.3 is 5.97 Å². The normalized spacial score (nSPS) is 17.5. The Morgan fingerprint density at radius 1 is 1.41 bits per heavy atom. The van der Waals surface area contributed by atoms with Crippen molar-refractivity contribution in [3.8, 4) is 6.07 Å². The summed E-state index contributed by atoms with van der Waals surface area (Å²) < 4.78 is 36.3. The summed E-state index contributed by atoms with van der Waals surface area (Å²) in [5.74, 6) is -0.729. The molecule has 2 rings (SSSR count). The molecule has 0 radical (unpaired) electrons. The van der Waals surface area contributed by atoms with Crippen molar-refractivity contribution in [1.82, 2.24) is 4.31 Å². The van der Waals surface area contributed by atoms with Gasteiger partial charge in [0.05, 0.1) is 23.7 Å². The number of hydrogen-bond acceptors (Lipinski definition) is 6. The van der Waals surface area contributed by atoms with Crippen molar-refractivity contribution in [2.45, 2.75) is 17.9 Å². The van der Waals surface area contributed by atoms with Crippen LogP contribution in [-0.4, -0.2) is 51.1 Å². The molecule has 1 aromatic carbocycles. The van der Waals surface area contributed by atoms with Crippen molar-refractivity contribution in [3.05, 3.63) is 29.8 Å². The first-order valence-corrected chi connectivity index (χ1v) is 8.17. The number of esters is 1. The first kappa shape index (κ1) is 16.4. The lowest BCUT2D eigenvalue weighted by Gasteiger charge is -2.26. The van der Waals surface area contributed by atoms with Gasteiger partial charge in [-0.25, -0.2) is 13.2 Å². The third-order valence-corrected chi connectivity index (χ3v) is 5.04. The number of hydrogen-bond donors (Lipinski definition) is 0. The highest BCUT2D eigenvalue weighted by Gasteiger charge is 2.27. The molecule has 0 unspecified atom stereocenters. The molecule has 22 heavy (non-hydrogen) atoms. The molecule has 0 amide bonds. The molecule has 1 fully saturated rings. The highest BCUT2D eigenvalue weighted by Crippen LogP contribution is 2.19. The van der Waals surface area contributed by atoms with Gasteiger partial charge < -0.3 is 9.47 Å². The van der Waals surface area contributed by atoms with E-state index in [0.717, 1.165) is 0 Å². The molecule has 118 valence electrons. The number of ether oxygens (including phenoxy) is 2. The Kier molecular flexibility index (Phi) is 5.13. The Balaban J connectivity index is 2.24. The fourth-order valence-corrected chi connectivity index (χ4v) is 3.43. The molecule has 0 aromatic heterocycles. The van der Waals surface area contributed by atoms with Gasteiger partial charge in [0.25, 0.3) is 0 Å². The van der Waals surface area contributed by atoms with Gasteiger partial charge in [-0.3, -0.25) is 0 Å². The first-order chi connectivity index (χ1) is 10.4. The van der Waals surface area contributed by atoms with Gasteiger partial charge in [0.15, 0.2) is 6.10 Å². The Morgan fingerprint density at radius 2 is 2.09 bits per heavy atom. The lowest BCUT2D eigenvalue weighted by atomic mass is 10.2. The standard InChI is InChI=1S/C14H16N2O5S/c1-11(10-15)21-14(17)12-3-2-4-13(9-12)22(18,19)16-5-7-20-8-6-16/h2-4,9,11H,5-8H2,1H3/t11-/m0/s1. The lowest BCUT2D eigenvalue weighted by molar-refractivity contribution is 0.0435. The molecule has 1 aliphatic rings. The third-order valence-electron chi connectivity index (χ3n) is 3.14. The van der Waals surface area contributed by atoms with Gasteiger partial charge in [-0.1, -0.05) is 6.07 Å². The Labute approximate surface area is 129 Å². The number of benzene rings is 1. The highest BCUT2D eigenvalue weighted by atomic mass is 32.2. The second kappa shape index (κ2) is 6.87. The summed E-state index contributed by atoms with van der Waals surface area (Å²) in [7, 11) is -3.67. The van der Waals surface area contributed by atoms with Crippen LogP contribution in [-0.2, 0) is 19.5 Å². The van der Waals surface area contributed by atoms with E-state index in [1.54, 1.807) is 6.07 Å². The van der Waals surface area contributed by atoms with Crippen molar-refractivity contribution < 1.29 is 22.7 Å². The molecule has 0 saturated carbocycles. The quantitative estimate of drug-likeness (QED) is 0.759. The average Bonchev–Trinajstić information content (AvgIpc) is 2.55. The van der Waals surface area contributed by atoms with Gasteiger partial charge in [0.1, 0.15) is 6.07 Å². The third kappa shape index (κ3) is 3.62. The van der Waals surface area contributed by atoms with Gasteiger partial charge in [-0.05, 0) is 25.1 Å². The zero-order chi connectivity index (χ0) is 16.2. The van der Waals surface area contributed by atoms with Crippen LogP contribution in [0.2, 0.25) is 0 Å². The summed E-state index contributed by atoms with van der Waals surface area (Å²) in [6, 6.07) is 7.39. The number of morpholine rings is 1. The molecule has 1 aromatic rings. The van der Waals surface area contributed by atoms with Gasteiger partial charge in [0.2, 0.25) is 10.0 Å². The fourth-order valence-electron chi connectivity index (χ4n) is 1.97. The van der Waals surface area contributed by atoms with Gasteiger partial charge in [0, 0.05) is 13.1 Å². The average molecular weight is 324 g/mol. The number of nitrogens with zero attached hydrogens (tertiary/aromatic N) is 2. The molecule has 1 aliphatic heterocycles. The van der Waals surface area contributed by atoms with Crippen LogP contribution in [0.4, 0.5) is 0 Å². The maximum Gasteiger partial charge on any atom is 0.339 e. The van der Waals surface area contributed by atoms with Crippen LogP contribution in [0.25, 0.3) is 0 Å². The summed E-state index contributed by atoms with van der Waals surface area (Å²) in [4.78, 5) is 11.9. The van der Waals surface area contributed by atoms with Crippen molar-refractivity contribution in [3.63, 3.8) is 0 Å². The summed E-state index contributed by atoms with van der Waals surface area (Å²) >= 11 is 0. The van der Waals surface area contributed by atoms with E-state index in [-0.39, 0.29) is 23.5 Å². The number of nitriles is 1. The van der Waals surface area contributed by atoms with Crippen molar-refractivity contribution in [1.29, 1.82) is 5.26 Å². The summed E-state index contributed by atoms with van der Waals surface area (Å²) in [6.45, 7) is 2.69. The minimum absolute atomic E-state index is 0.0217. The Hall–Kier alpha value is -1.95. The van der Waals surface area contributed by atoms with Crippen molar-refractivity contribution >= 4 is 16.0 Å². The molecule has 0 bridgehead atoms. The predicted octanol–water partition coefficient (Wildman–Crippen LogP) is 0.776. The summed E-state index contributed by atoms with van der Waals surface area (Å²) in [5, 5.41) is 8.64. The molecule has 0 spiro atoms. The molecular weight excluding hydrogens is 308 g/mol. The van der Waals surface area contributed by atoms with Crippen LogP contribution >= 0.6 is 0 Å². The summed E-state index contributed by atoms with van der Waals surface area (Å²) in [5.41, 5.74) is 0.0939. The van der Waals surface area contributed by atoms with Crippen LogP contribution < -0.4 is 0 Å². The molecule has 1 atom stereocenters. The SMILES string of the molecule is C[C@@H](C#N)OC(=O)c1cccc(S(=O)(=O)N2CCOCC2)c1. The van der Waals surface area contributed by atoms with Crippen LogP contribution in [0.3, 0.4) is 0 Å². The molecule has 0 N–H and O–H groups in total. The molecule has 1 heterocycles. The van der Waals surface area contributed by atoms with E-state index < -0.39 is 22.1 Å². The second-order valence-electron chi connectivity index (χ2n) is 4.72. The van der Waals surface area contributed by atoms with Crippen molar-refractivity contribution in [2.75, 3.05) is 26.3 Å². The highest BCUT2D eigenvalue weighted by molar-refractivity contribution is 7.89. The van der Waals surface area contributed by atoms with Gasteiger partial charge in [-0.15, -0.1) is 0 Å². The van der Waals surface area contributed by atoms with Crippen LogP contribution in [0, 0.1) is 11.3 Å². The number of sulfonamides is 1. The van der Waals surface area contributed by atoms with E-state index in [1.807, 2.05) is 0 Å². The monoisotopic (exact) mass is 324 g/mol. The first-order valence-electron chi connectivity index (χ1n) is 6.73. The largest absolute Gasteiger partial charge is 0.444 e. The smallest absolute Gasteiger partial charge is 0.339 e. The Bertz CT molecular complexity index is 689. The lowest BCUT2D eigenvalue weighted by Crippen LogP contribution is -2.40. The van der Waals surface area contributed by atoms with E-state index in [4.69, 9.17) is 14.7 Å². The maximum atomic E-state index is 12.5. The van der Waals surface area contributed by atoms with Crippen LogP contribution in [0.15, 0.2) is 29.2 Å². The minimum atomic E-state index is -3.67. The van der Waals surface area contributed by atoms with Crippen molar-refractivity contribution in [2.24, 2.45) is 0 Å². The van der Waals surface area contributed by atoms with E-state index in [0.29, 0.717) is 13.2 Å². The zero-order valence-corrected chi connectivity index (χ0v) is 12.9. The van der Waals surface area contributed by atoms with Crippen LogP contribution in [0.1, 0.15) is 17.3 Å².